The SMILES string of the molecule is CC(C)CCC[C@@H](C)[C@H]1C[C@H](O)[C@H]2[C@@H]3CC=C4C5(CC5)C(=O)CC[C@]4(C)[C@H]3CC[C@@]21C. The van der Waals surface area contributed by atoms with E-state index < -0.39 is 0 Å². The van der Waals surface area contributed by atoms with Gasteiger partial charge in [-0.2, -0.15) is 0 Å². The van der Waals surface area contributed by atoms with E-state index in [1.807, 2.05) is 0 Å². The van der Waals surface area contributed by atoms with Crippen LogP contribution in [0, 0.1) is 51.8 Å². The van der Waals surface area contributed by atoms with Gasteiger partial charge in [0.15, 0.2) is 0 Å². The van der Waals surface area contributed by atoms with Crippen LogP contribution in [0.3, 0.4) is 0 Å². The molecule has 0 radical (unpaired) electrons. The first-order valence-electron chi connectivity index (χ1n) is 13.6. The Morgan fingerprint density at radius 1 is 1.10 bits per heavy atom. The molecule has 0 aromatic heterocycles. The molecule has 0 saturated heterocycles. The van der Waals surface area contributed by atoms with Crippen molar-refractivity contribution in [1.82, 2.24) is 0 Å². The normalized spacial score (nSPS) is 46.4. The molecule has 5 aliphatic carbocycles. The van der Waals surface area contributed by atoms with Crippen LogP contribution < -0.4 is 0 Å². The predicted molar refractivity (Wildman–Crippen MR) is 126 cm³/mol. The van der Waals surface area contributed by atoms with Crippen LogP contribution >= 0.6 is 0 Å². The Hall–Kier alpha value is -0.630. The molecule has 0 aromatic rings. The van der Waals surface area contributed by atoms with Gasteiger partial charge in [-0.15, -0.1) is 0 Å². The molecule has 0 bridgehead atoms. The zero-order chi connectivity index (χ0) is 22.2. The van der Waals surface area contributed by atoms with Crippen molar-refractivity contribution in [2.45, 2.75) is 111 Å². The minimum Gasteiger partial charge on any atom is -0.393 e. The van der Waals surface area contributed by atoms with Crippen LogP contribution in [0.4, 0.5) is 0 Å². The summed E-state index contributed by atoms with van der Waals surface area (Å²) in [6, 6.07) is 0. The Morgan fingerprint density at radius 3 is 2.52 bits per heavy atom. The molecule has 4 saturated carbocycles. The molecular formula is C29H46O2. The lowest BCUT2D eigenvalue weighted by Crippen LogP contribution is -2.53. The van der Waals surface area contributed by atoms with Crippen molar-refractivity contribution in [2.75, 3.05) is 0 Å². The molecule has 31 heavy (non-hydrogen) atoms. The maximum Gasteiger partial charge on any atom is 0.143 e. The number of rotatable bonds is 5. The maximum atomic E-state index is 12.8. The van der Waals surface area contributed by atoms with Crippen molar-refractivity contribution in [2.24, 2.45) is 51.8 Å². The van der Waals surface area contributed by atoms with Crippen LogP contribution in [0.2, 0.25) is 0 Å². The lowest BCUT2D eigenvalue weighted by Gasteiger charge is -2.59. The molecule has 0 heterocycles. The van der Waals surface area contributed by atoms with Crippen molar-refractivity contribution in [1.29, 1.82) is 0 Å². The van der Waals surface area contributed by atoms with Crippen molar-refractivity contribution < 1.29 is 9.90 Å². The fraction of sp³-hybridized carbons (Fsp3) is 0.897. The molecule has 0 unspecified atom stereocenters. The smallest absolute Gasteiger partial charge is 0.143 e. The van der Waals surface area contributed by atoms with Crippen LogP contribution in [0.5, 0.6) is 0 Å². The molecule has 0 aromatic carbocycles. The molecule has 2 heteroatoms. The second-order valence-corrected chi connectivity index (χ2v) is 13.3. The minimum atomic E-state index is -0.131. The highest BCUT2D eigenvalue weighted by Crippen LogP contribution is 2.72. The van der Waals surface area contributed by atoms with Gasteiger partial charge in [0, 0.05) is 6.42 Å². The van der Waals surface area contributed by atoms with Gasteiger partial charge in [-0.3, -0.25) is 4.79 Å². The number of hydrogen-bond donors (Lipinski definition) is 1. The first-order chi connectivity index (χ1) is 14.6. The molecule has 4 fully saturated rings. The van der Waals surface area contributed by atoms with E-state index >= 15 is 0 Å². The average Bonchev–Trinajstić information content (AvgIpc) is 3.44. The number of fused-ring (bicyclic) bond motifs is 6. The second-order valence-electron chi connectivity index (χ2n) is 13.3. The van der Waals surface area contributed by atoms with Crippen LogP contribution in [0.15, 0.2) is 11.6 Å². The van der Waals surface area contributed by atoms with Crippen molar-refractivity contribution in [3.63, 3.8) is 0 Å². The summed E-state index contributed by atoms with van der Waals surface area (Å²) in [4.78, 5) is 12.8. The van der Waals surface area contributed by atoms with Gasteiger partial charge < -0.3 is 5.11 Å². The zero-order valence-electron chi connectivity index (χ0n) is 20.8. The summed E-state index contributed by atoms with van der Waals surface area (Å²) in [5.41, 5.74) is 1.98. The monoisotopic (exact) mass is 426 g/mol. The maximum absolute atomic E-state index is 12.8. The third kappa shape index (κ3) is 3.17. The van der Waals surface area contributed by atoms with E-state index in [0.29, 0.717) is 40.8 Å². The van der Waals surface area contributed by atoms with E-state index in [9.17, 15) is 9.90 Å². The molecule has 1 N–H and O–H groups in total. The Morgan fingerprint density at radius 2 is 1.84 bits per heavy atom. The molecule has 1 spiro atoms. The summed E-state index contributed by atoms with van der Waals surface area (Å²) in [5.74, 6) is 4.44. The van der Waals surface area contributed by atoms with E-state index in [4.69, 9.17) is 0 Å². The Kier molecular flexibility index (Phi) is 5.32. The molecule has 174 valence electrons. The number of ketones is 1. The number of carbonyl (C=O) groups is 1. The third-order valence-electron chi connectivity index (χ3n) is 11.3. The molecule has 0 aliphatic heterocycles. The lowest BCUT2D eigenvalue weighted by molar-refractivity contribution is -0.129. The number of aliphatic hydroxyl groups excluding tert-OH is 1. The highest BCUT2D eigenvalue weighted by Gasteiger charge is 2.66. The Balaban J connectivity index is 1.39. The van der Waals surface area contributed by atoms with E-state index in [-0.39, 0.29) is 16.9 Å². The van der Waals surface area contributed by atoms with Gasteiger partial charge in [0.25, 0.3) is 0 Å². The van der Waals surface area contributed by atoms with Crippen LogP contribution in [0.1, 0.15) is 105 Å². The summed E-state index contributed by atoms with van der Waals surface area (Å²) < 4.78 is 0. The van der Waals surface area contributed by atoms with Crippen molar-refractivity contribution >= 4 is 5.78 Å². The summed E-state index contributed by atoms with van der Waals surface area (Å²) in [6.45, 7) is 12.2. The predicted octanol–water partition coefficient (Wildman–Crippen LogP) is 6.96. The standard InChI is InChI=1S/C29H46O2/c1-18(2)7-6-8-19(3)22-17-23(30)26-20-9-10-24-27(4,21(20)11-13-28(22,26)5)14-12-25(31)29(24)15-16-29/h10,18-23,26,30H,6-9,11-17H2,1-5H3/t19-,20-,21+,22-,23+,26-,27-,28-/m1/s1. The molecule has 2 nitrogen and oxygen atoms in total. The fourth-order valence-electron chi connectivity index (χ4n) is 9.64. The average molecular weight is 427 g/mol. The van der Waals surface area contributed by atoms with Crippen LogP contribution in [-0.4, -0.2) is 17.0 Å². The van der Waals surface area contributed by atoms with Crippen LogP contribution in [0.25, 0.3) is 0 Å². The van der Waals surface area contributed by atoms with E-state index in [1.165, 1.54) is 37.7 Å². The number of allylic oxidation sites excluding steroid dienone is 2. The molecular weight excluding hydrogens is 380 g/mol. The van der Waals surface area contributed by atoms with Crippen LogP contribution in [-0.2, 0) is 4.79 Å². The highest BCUT2D eigenvalue weighted by molar-refractivity contribution is 5.92. The fourth-order valence-corrected chi connectivity index (χ4v) is 9.64. The first kappa shape index (κ1) is 22.2. The summed E-state index contributed by atoms with van der Waals surface area (Å²) in [7, 11) is 0. The number of carbonyl (C=O) groups excluding carboxylic acids is 1. The Bertz CT molecular complexity index is 761. The lowest BCUT2D eigenvalue weighted by atomic mass is 9.45. The van der Waals surface area contributed by atoms with Gasteiger partial charge in [-0.05, 0) is 91.3 Å². The topological polar surface area (TPSA) is 37.3 Å². The van der Waals surface area contributed by atoms with Crippen molar-refractivity contribution in [3.8, 4) is 0 Å². The largest absolute Gasteiger partial charge is 0.393 e. The molecule has 0 amide bonds. The number of aliphatic hydroxyl groups is 1. The summed E-state index contributed by atoms with van der Waals surface area (Å²) >= 11 is 0. The van der Waals surface area contributed by atoms with Gasteiger partial charge >= 0.3 is 0 Å². The quantitative estimate of drug-likeness (QED) is 0.483. The zero-order valence-corrected chi connectivity index (χ0v) is 20.8. The Labute approximate surface area is 190 Å². The van der Waals surface area contributed by atoms with E-state index in [1.54, 1.807) is 0 Å². The minimum absolute atomic E-state index is 0.0551. The number of Topliss-reactive ketones (excluding diaryl/α,β-unsaturated/α-hetero) is 1. The summed E-state index contributed by atoms with van der Waals surface area (Å²) in [6.07, 6.45) is 15.1. The summed E-state index contributed by atoms with van der Waals surface area (Å²) in [5, 5.41) is 11.4. The van der Waals surface area contributed by atoms with Gasteiger partial charge in [-0.25, -0.2) is 0 Å². The molecule has 5 rings (SSSR count). The molecule has 5 aliphatic rings. The highest BCUT2D eigenvalue weighted by atomic mass is 16.3. The van der Waals surface area contributed by atoms with Crippen molar-refractivity contribution in [3.05, 3.63) is 11.6 Å². The van der Waals surface area contributed by atoms with E-state index in [2.05, 4.69) is 40.7 Å². The van der Waals surface area contributed by atoms with E-state index in [0.717, 1.165) is 44.4 Å². The van der Waals surface area contributed by atoms with Gasteiger partial charge in [0.05, 0.1) is 11.5 Å². The second kappa shape index (κ2) is 7.44. The first-order valence-corrected chi connectivity index (χ1v) is 13.6. The third-order valence-corrected chi connectivity index (χ3v) is 11.3. The van der Waals surface area contributed by atoms with Gasteiger partial charge in [-0.1, -0.05) is 65.5 Å². The van der Waals surface area contributed by atoms with Gasteiger partial charge in [0.2, 0.25) is 0 Å². The molecule has 8 atom stereocenters. The number of hydrogen-bond acceptors (Lipinski definition) is 2. The van der Waals surface area contributed by atoms with Gasteiger partial charge in [0.1, 0.15) is 5.78 Å².